The van der Waals surface area contributed by atoms with E-state index in [-0.39, 0.29) is 23.4 Å². The Morgan fingerprint density at radius 2 is 2.17 bits per heavy atom. The van der Waals surface area contributed by atoms with E-state index in [1.807, 2.05) is 24.4 Å². The van der Waals surface area contributed by atoms with Crippen LogP contribution in [0, 0.1) is 0 Å². The number of thiophene rings is 1. The van der Waals surface area contributed by atoms with Crippen LogP contribution in [0.5, 0.6) is 0 Å². The van der Waals surface area contributed by atoms with Gasteiger partial charge in [0.15, 0.2) is 0 Å². The second kappa shape index (κ2) is 6.07. The molecule has 7 heteroatoms. The van der Waals surface area contributed by atoms with Crippen molar-refractivity contribution in [1.82, 2.24) is 4.72 Å². The molecule has 1 aliphatic heterocycles. The van der Waals surface area contributed by atoms with Crippen LogP contribution in [0.25, 0.3) is 0 Å². The Bertz CT molecular complexity index is 829. The van der Waals surface area contributed by atoms with E-state index in [9.17, 15) is 13.2 Å². The van der Waals surface area contributed by atoms with Gasteiger partial charge in [0.1, 0.15) is 0 Å². The number of fused-ring (bicyclic) bond motifs is 1. The Balaban J connectivity index is 1.84. The second-order valence-electron chi connectivity index (χ2n) is 5.64. The van der Waals surface area contributed by atoms with Crippen LogP contribution in [0.2, 0.25) is 0 Å². The van der Waals surface area contributed by atoms with Gasteiger partial charge in [-0.25, -0.2) is 13.1 Å². The molecule has 23 heavy (non-hydrogen) atoms. The number of anilines is 1. The lowest BCUT2D eigenvalue weighted by Gasteiger charge is -2.20. The molecule has 122 valence electrons. The highest BCUT2D eigenvalue weighted by molar-refractivity contribution is 7.89. The molecule has 0 bridgehead atoms. The zero-order valence-corrected chi connectivity index (χ0v) is 14.6. The van der Waals surface area contributed by atoms with E-state index in [0.29, 0.717) is 6.42 Å². The van der Waals surface area contributed by atoms with Gasteiger partial charge in [-0.3, -0.25) is 4.79 Å². The summed E-state index contributed by atoms with van der Waals surface area (Å²) in [6.45, 7) is 3.77. The van der Waals surface area contributed by atoms with Gasteiger partial charge < -0.3 is 4.90 Å². The topological polar surface area (TPSA) is 66.5 Å². The maximum Gasteiger partial charge on any atom is 0.240 e. The van der Waals surface area contributed by atoms with Crippen LogP contribution in [0.1, 0.15) is 24.3 Å². The highest BCUT2D eigenvalue weighted by Crippen LogP contribution is 2.33. The highest BCUT2D eigenvalue weighted by Gasteiger charge is 2.30. The normalized spacial score (nSPS) is 17.3. The van der Waals surface area contributed by atoms with Gasteiger partial charge in [-0.1, -0.05) is 6.07 Å². The van der Waals surface area contributed by atoms with Crippen LogP contribution in [0.3, 0.4) is 0 Å². The number of carbonyl (C=O) groups is 1. The van der Waals surface area contributed by atoms with E-state index in [2.05, 4.69) is 4.72 Å². The molecule has 2 heterocycles. The molecule has 0 saturated heterocycles. The molecule has 0 fully saturated rings. The molecule has 5 nitrogen and oxygen atoms in total. The predicted molar refractivity (Wildman–Crippen MR) is 91.1 cm³/mol. The molecule has 1 N–H and O–H groups in total. The van der Waals surface area contributed by atoms with E-state index in [1.165, 1.54) is 18.3 Å². The average molecular weight is 350 g/mol. The molecule has 0 saturated carbocycles. The third-order valence-corrected chi connectivity index (χ3v) is 6.21. The van der Waals surface area contributed by atoms with Crippen LogP contribution in [0.4, 0.5) is 5.69 Å². The van der Waals surface area contributed by atoms with Gasteiger partial charge in [0.25, 0.3) is 0 Å². The summed E-state index contributed by atoms with van der Waals surface area (Å²) in [7, 11) is -3.56. The third kappa shape index (κ3) is 3.17. The van der Waals surface area contributed by atoms with E-state index in [4.69, 9.17) is 0 Å². The Morgan fingerprint density at radius 3 is 2.83 bits per heavy atom. The number of nitrogens with zero attached hydrogens (tertiary/aromatic N) is 1. The van der Waals surface area contributed by atoms with Crippen LogP contribution in [-0.2, 0) is 27.8 Å². The van der Waals surface area contributed by atoms with Crippen molar-refractivity contribution in [2.75, 3.05) is 4.90 Å². The molecule has 3 rings (SSSR count). The molecule has 2 aromatic rings. The smallest absolute Gasteiger partial charge is 0.240 e. The van der Waals surface area contributed by atoms with Gasteiger partial charge in [0.05, 0.1) is 4.90 Å². The summed E-state index contributed by atoms with van der Waals surface area (Å²) >= 11 is 1.51. The zero-order chi connectivity index (χ0) is 16.6. The number of nitrogens with one attached hydrogen (secondary N) is 1. The lowest BCUT2D eigenvalue weighted by molar-refractivity contribution is -0.116. The minimum absolute atomic E-state index is 0.0253. The fraction of sp³-hybridized carbons (Fsp3) is 0.312. The first-order valence-electron chi connectivity index (χ1n) is 7.33. The quantitative estimate of drug-likeness (QED) is 0.921. The molecule has 1 amide bonds. The number of carbonyl (C=O) groups excluding carboxylic acids is 1. The molecule has 1 atom stereocenters. The Labute approximate surface area is 140 Å². The predicted octanol–water partition coefficient (Wildman–Crippen LogP) is 2.52. The lowest BCUT2D eigenvalue weighted by atomic mass is 10.1. The molecular weight excluding hydrogens is 332 g/mol. The standard InChI is InChI=1S/C16H18N2O3S2/c1-11-8-13-9-15(5-6-16(13)18(11)12(2)19)23(20,21)17-10-14-4-3-7-22-14/h3-7,9,11,17H,8,10H2,1-2H3. The SMILES string of the molecule is CC(=O)N1c2ccc(S(=O)(=O)NCc3cccs3)cc2CC1C. The van der Waals surface area contributed by atoms with E-state index in [1.54, 1.807) is 23.1 Å². The molecule has 1 aromatic carbocycles. The molecule has 1 aliphatic rings. The summed E-state index contributed by atoms with van der Waals surface area (Å²) in [6.07, 6.45) is 0.670. The van der Waals surface area contributed by atoms with Gasteiger partial charge in [0, 0.05) is 30.1 Å². The summed E-state index contributed by atoms with van der Waals surface area (Å²) in [5, 5.41) is 1.91. The Hall–Kier alpha value is -1.70. The van der Waals surface area contributed by atoms with E-state index in [0.717, 1.165) is 16.1 Å². The average Bonchev–Trinajstić information content (AvgIpc) is 3.10. The first kappa shape index (κ1) is 16.2. The summed E-state index contributed by atoms with van der Waals surface area (Å²) in [6, 6.07) is 8.79. The van der Waals surface area contributed by atoms with Crippen LogP contribution in [-0.4, -0.2) is 20.4 Å². The number of hydrogen-bond acceptors (Lipinski definition) is 4. The third-order valence-electron chi connectivity index (χ3n) is 3.93. The highest BCUT2D eigenvalue weighted by atomic mass is 32.2. The van der Waals surface area contributed by atoms with Crippen molar-refractivity contribution >= 4 is 33.0 Å². The first-order valence-corrected chi connectivity index (χ1v) is 9.69. The molecule has 1 unspecified atom stereocenters. The molecular formula is C16H18N2O3S2. The van der Waals surface area contributed by atoms with Gasteiger partial charge in [-0.2, -0.15) is 0 Å². The summed E-state index contributed by atoms with van der Waals surface area (Å²) in [4.78, 5) is 14.6. The van der Waals surface area contributed by atoms with Crippen molar-refractivity contribution in [3.8, 4) is 0 Å². The number of hydrogen-bond donors (Lipinski definition) is 1. The molecule has 0 radical (unpaired) electrons. The Kier molecular flexibility index (Phi) is 4.27. The van der Waals surface area contributed by atoms with Crippen molar-refractivity contribution in [1.29, 1.82) is 0 Å². The fourth-order valence-corrected chi connectivity index (χ4v) is 4.71. The van der Waals surface area contributed by atoms with E-state index < -0.39 is 10.0 Å². The molecule has 0 aliphatic carbocycles. The minimum atomic E-state index is -3.56. The van der Waals surface area contributed by atoms with Crippen LogP contribution >= 0.6 is 11.3 Å². The van der Waals surface area contributed by atoms with Crippen molar-refractivity contribution < 1.29 is 13.2 Å². The summed E-state index contributed by atoms with van der Waals surface area (Å²) in [5.74, 6) is -0.0253. The maximum atomic E-state index is 12.4. The minimum Gasteiger partial charge on any atom is -0.309 e. The number of benzene rings is 1. The first-order chi connectivity index (χ1) is 10.9. The molecule has 0 spiro atoms. The lowest BCUT2D eigenvalue weighted by Crippen LogP contribution is -2.33. The largest absolute Gasteiger partial charge is 0.309 e. The van der Waals surface area contributed by atoms with Crippen LogP contribution < -0.4 is 9.62 Å². The van der Waals surface area contributed by atoms with Crippen molar-refractivity contribution in [2.24, 2.45) is 0 Å². The van der Waals surface area contributed by atoms with Crippen molar-refractivity contribution in [3.05, 3.63) is 46.2 Å². The van der Waals surface area contributed by atoms with Gasteiger partial charge in [-0.05, 0) is 48.6 Å². The number of sulfonamides is 1. The van der Waals surface area contributed by atoms with E-state index >= 15 is 0 Å². The van der Waals surface area contributed by atoms with Gasteiger partial charge in [0.2, 0.25) is 15.9 Å². The maximum absolute atomic E-state index is 12.4. The number of rotatable bonds is 4. The summed E-state index contributed by atoms with van der Waals surface area (Å²) < 4.78 is 27.5. The van der Waals surface area contributed by atoms with Gasteiger partial charge in [-0.15, -0.1) is 11.3 Å². The number of amides is 1. The van der Waals surface area contributed by atoms with Crippen molar-refractivity contribution in [2.45, 2.75) is 37.8 Å². The van der Waals surface area contributed by atoms with Gasteiger partial charge >= 0.3 is 0 Å². The monoisotopic (exact) mass is 350 g/mol. The Morgan fingerprint density at radius 1 is 1.39 bits per heavy atom. The van der Waals surface area contributed by atoms with Crippen LogP contribution in [0.15, 0.2) is 40.6 Å². The second-order valence-corrected chi connectivity index (χ2v) is 8.44. The zero-order valence-electron chi connectivity index (χ0n) is 12.9. The summed E-state index contributed by atoms with van der Waals surface area (Å²) in [5.41, 5.74) is 1.70. The van der Waals surface area contributed by atoms with Crippen molar-refractivity contribution in [3.63, 3.8) is 0 Å². The molecule has 1 aromatic heterocycles. The fourth-order valence-electron chi connectivity index (χ4n) is 2.92.